The second-order valence-corrected chi connectivity index (χ2v) is 6.68. The van der Waals surface area contributed by atoms with Crippen molar-refractivity contribution in [2.45, 2.75) is 58.5 Å². The van der Waals surface area contributed by atoms with Crippen LogP contribution in [-0.2, 0) is 4.79 Å². The van der Waals surface area contributed by atoms with Crippen LogP contribution in [0.25, 0.3) is 0 Å². The number of rotatable bonds is 0. The lowest BCUT2D eigenvalue weighted by atomic mass is 9.63. The number of allylic oxidation sites excluding steroid dienone is 1. The summed E-state index contributed by atoms with van der Waals surface area (Å²) in [4.78, 5) is 14.5. The molecule has 0 aromatic heterocycles. The van der Waals surface area contributed by atoms with E-state index in [1.807, 2.05) is 6.08 Å². The highest BCUT2D eigenvalue weighted by Crippen LogP contribution is 2.46. The number of ketones is 1. The van der Waals surface area contributed by atoms with Crippen molar-refractivity contribution < 1.29 is 4.79 Å². The van der Waals surface area contributed by atoms with Crippen LogP contribution in [0.2, 0.25) is 0 Å². The van der Waals surface area contributed by atoms with E-state index in [-0.39, 0.29) is 5.92 Å². The first kappa shape index (κ1) is 12.3. The minimum absolute atomic E-state index is 0.176. The van der Waals surface area contributed by atoms with Crippen LogP contribution in [0.15, 0.2) is 12.3 Å². The number of hydrogen-bond acceptors (Lipinski definition) is 2. The maximum Gasteiger partial charge on any atom is 0.161 e. The van der Waals surface area contributed by atoms with Gasteiger partial charge in [0, 0.05) is 24.2 Å². The lowest BCUT2D eigenvalue weighted by molar-refractivity contribution is -0.126. The fraction of sp³-hybridized carbons (Fsp3) is 0.812. The smallest absolute Gasteiger partial charge is 0.161 e. The molecule has 1 saturated carbocycles. The zero-order valence-electron chi connectivity index (χ0n) is 11.8. The van der Waals surface area contributed by atoms with Crippen LogP contribution in [-0.4, -0.2) is 22.8 Å². The van der Waals surface area contributed by atoms with Crippen LogP contribution in [0.1, 0.15) is 46.5 Å². The molecule has 2 fully saturated rings. The first-order chi connectivity index (χ1) is 8.61. The van der Waals surface area contributed by atoms with Gasteiger partial charge in [-0.3, -0.25) is 4.79 Å². The van der Waals surface area contributed by atoms with Crippen molar-refractivity contribution in [3.8, 4) is 0 Å². The summed E-state index contributed by atoms with van der Waals surface area (Å²) in [7, 11) is 0. The van der Waals surface area contributed by atoms with Crippen molar-refractivity contribution in [2.75, 3.05) is 0 Å². The van der Waals surface area contributed by atoms with Gasteiger partial charge in [-0.15, -0.1) is 0 Å². The standard InChI is InChI=1S/C16H25NO/c1-10-11(2)16-12(3)15(18)8-9-17(16)14-7-5-4-6-13(10)14/h8-14,16H,4-7H2,1-3H3. The molecule has 0 spiro atoms. The minimum Gasteiger partial charge on any atom is -0.370 e. The van der Waals surface area contributed by atoms with Crippen molar-refractivity contribution in [3.05, 3.63) is 12.3 Å². The lowest BCUT2D eigenvalue weighted by Gasteiger charge is -2.56. The summed E-state index contributed by atoms with van der Waals surface area (Å²) < 4.78 is 0. The summed E-state index contributed by atoms with van der Waals surface area (Å²) in [6.45, 7) is 6.90. The topological polar surface area (TPSA) is 20.3 Å². The third-order valence-electron chi connectivity index (χ3n) is 5.92. The lowest BCUT2D eigenvalue weighted by Crippen LogP contribution is -2.60. The Morgan fingerprint density at radius 3 is 2.61 bits per heavy atom. The molecule has 2 aliphatic heterocycles. The van der Waals surface area contributed by atoms with E-state index in [1.165, 1.54) is 25.7 Å². The van der Waals surface area contributed by atoms with Crippen LogP contribution in [0, 0.1) is 23.7 Å². The van der Waals surface area contributed by atoms with Gasteiger partial charge in [-0.2, -0.15) is 0 Å². The molecule has 3 aliphatic rings. The Hall–Kier alpha value is -0.790. The molecule has 6 atom stereocenters. The number of nitrogens with zero attached hydrogens (tertiary/aromatic N) is 1. The fourth-order valence-electron chi connectivity index (χ4n) is 4.72. The van der Waals surface area contributed by atoms with Crippen LogP contribution < -0.4 is 0 Å². The first-order valence-electron chi connectivity index (χ1n) is 7.60. The molecule has 18 heavy (non-hydrogen) atoms. The van der Waals surface area contributed by atoms with E-state index in [0.717, 1.165) is 11.8 Å². The average Bonchev–Trinajstić information content (AvgIpc) is 2.39. The highest BCUT2D eigenvalue weighted by molar-refractivity contribution is 5.92. The van der Waals surface area contributed by atoms with E-state index in [2.05, 4.69) is 31.9 Å². The monoisotopic (exact) mass is 247 g/mol. The number of fused-ring (bicyclic) bond motifs is 3. The Labute approximate surface area is 110 Å². The third-order valence-corrected chi connectivity index (χ3v) is 5.92. The van der Waals surface area contributed by atoms with Gasteiger partial charge >= 0.3 is 0 Å². The largest absolute Gasteiger partial charge is 0.370 e. The van der Waals surface area contributed by atoms with Crippen LogP contribution >= 0.6 is 0 Å². The second kappa shape index (κ2) is 4.40. The Bertz CT molecular complexity index is 375. The zero-order chi connectivity index (χ0) is 12.9. The van der Waals surface area contributed by atoms with Crippen molar-refractivity contribution in [2.24, 2.45) is 23.7 Å². The molecule has 0 amide bonds. The molecule has 0 radical (unpaired) electrons. The first-order valence-corrected chi connectivity index (χ1v) is 7.60. The molecule has 2 heteroatoms. The van der Waals surface area contributed by atoms with E-state index in [4.69, 9.17) is 0 Å². The van der Waals surface area contributed by atoms with E-state index in [1.54, 1.807) is 0 Å². The maximum atomic E-state index is 11.9. The average molecular weight is 247 g/mol. The van der Waals surface area contributed by atoms with E-state index < -0.39 is 0 Å². The van der Waals surface area contributed by atoms with Crippen LogP contribution in [0.4, 0.5) is 0 Å². The minimum atomic E-state index is 0.176. The highest BCUT2D eigenvalue weighted by Gasteiger charge is 2.48. The highest BCUT2D eigenvalue weighted by atomic mass is 16.1. The number of carbonyl (C=O) groups is 1. The number of hydrogen-bond donors (Lipinski definition) is 0. The summed E-state index contributed by atoms with van der Waals surface area (Å²) in [5, 5.41) is 0. The SMILES string of the molecule is CC1C(=O)C=CN2C3CCCCC3C(C)C(C)C12. The van der Waals surface area contributed by atoms with Crippen LogP contribution in [0.5, 0.6) is 0 Å². The molecule has 1 saturated heterocycles. The van der Waals surface area contributed by atoms with Gasteiger partial charge in [-0.05, 0) is 36.7 Å². The molecule has 0 aromatic rings. The van der Waals surface area contributed by atoms with Crippen molar-refractivity contribution >= 4 is 5.78 Å². The predicted octanol–water partition coefficient (Wildman–Crippen LogP) is 3.23. The Kier molecular flexibility index (Phi) is 2.99. The maximum absolute atomic E-state index is 11.9. The molecule has 100 valence electrons. The van der Waals surface area contributed by atoms with Gasteiger partial charge < -0.3 is 4.90 Å². The van der Waals surface area contributed by atoms with Gasteiger partial charge in [0.25, 0.3) is 0 Å². The Balaban J connectivity index is 1.96. The van der Waals surface area contributed by atoms with Gasteiger partial charge in [0.1, 0.15) is 0 Å². The van der Waals surface area contributed by atoms with Crippen molar-refractivity contribution in [1.82, 2.24) is 4.90 Å². The molecule has 0 bridgehead atoms. The summed E-state index contributed by atoms with van der Waals surface area (Å²) >= 11 is 0. The fourth-order valence-corrected chi connectivity index (χ4v) is 4.72. The van der Waals surface area contributed by atoms with Crippen LogP contribution in [0.3, 0.4) is 0 Å². The summed E-state index contributed by atoms with van der Waals surface area (Å²) in [6, 6.07) is 1.14. The summed E-state index contributed by atoms with van der Waals surface area (Å²) in [6.07, 6.45) is 9.39. The van der Waals surface area contributed by atoms with Gasteiger partial charge in [-0.1, -0.05) is 33.6 Å². The predicted molar refractivity (Wildman–Crippen MR) is 73.0 cm³/mol. The second-order valence-electron chi connectivity index (χ2n) is 6.68. The van der Waals surface area contributed by atoms with Gasteiger partial charge in [0.05, 0.1) is 0 Å². The normalized spacial score (nSPS) is 47.7. The molecule has 6 unspecified atom stereocenters. The molecule has 2 nitrogen and oxygen atoms in total. The summed E-state index contributed by atoms with van der Waals surface area (Å²) in [5.74, 6) is 2.74. The Morgan fingerprint density at radius 1 is 1.11 bits per heavy atom. The van der Waals surface area contributed by atoms with E-state index in [9.17, 15) is 4.79 Å². The summed E-state index contributed by atoms with van der Waals surface area (Å²) in [5.41, 5.74) is 0. The molecule has 2 heterocycles. The van der Waals surface area contributed by atoms with Gasteiger partial charge in [0.2, 0.25) is 0 Å². The van der Waals surface area contributed by atoms with E-state index >= 15 is 0 Å². The third kappa shape index (κ3) is 1.64. The Morgan fingerprint density at radius 2 is 1.83 bits per heavy atom. The molecule has 0 aromatic carbocycles. The number of carbonyl (C=O) groups excluding carboxylic acids is 1. The molecular formula is C16H25NO. The van der Waals surface area contributed by atoms with Crippen molar-refractivity contribution in [1.29, 1.82) is 0 Å². The number of piperidine rings is 1. The van der Waals surface area contributed by atoms with Crippen molar-refractivity contribution in [3.63, 3.8) is 0 Å². The quantitative estimate of drug-likeness (QED) is 0.655. The molecule has 3 rings (SSSR count). The molecule has 0 N–H and O–H groups in total. The molecular weight excluding hydrogens is 222 g/mol. The zero-order valence-corrected chi connectivity index (χ0v) is 11.8. The van der Waals surface area contributed by atoms with Gasteiger partial charge in [0.15, 0.2) is 5.78 Å². The molecule has 1 aliphatic carbocycles. The van der Waals surface area contributed by atoms with E-state index in [0.29, 0.717) is 23.8 Å². The van der Waals surface area contributed by atoms with Gasteiger partial charge in [-0.25, -0.2) is 0 Å².